The van der Waals surface area contributed by atoms with Gasteiger partial charge in [0.2, 0.25) is 17.7 Å². The molecule has 5 rings (SSSR count). The van der Waals surface area contributed by atoms with Gasteiger partial charge in [-0.3, -0.25) is 29.0 Å². The van der Waals surface area contributed by atoms with Crippen LogP contribution in [-0.4, -0.2) is 105 Å². The zero-order valence-corrected chi connectivity index (χ0v) is 32.7. The Balaban J connectivity index is 1.35. The molecule has 0 spiro atoms. The van der Waals surface area contributed by atoms with Crippen molar-refractivity contribution in [3.63, 3.8) is 0 Å². The summed E-state index contributed by atoms with van der Waals surface area (Å²) in [6.45, 7) is 7.01. The maximum Gasteiger partial charge on any atom is 0.415 e. The molecule has 1 saturated heterocycles. The highest BCUT2D eigenvalue weighted by molar-refractivity contribution is 5.97. The number of aromatic nitrogens is 2. The highest BCUT2D eigenvalue weighted by Crippen LogP contribution is 2.29. The van der Waals surface area contributed by atoms with Gasteiger partial charge >= 0.3 is 6.09 Å². The van der Waals surface area contributed by atoms with Crippen LogP contribution >= 0.6 is 0 Å². The van der Waals surface area contributed by atoms with E-state index in [4.69, 9.17) is 4.74 Å². The largest absolute Gasteiger partial charge is 0.415 e. The fourth-order valence-corrected chi connectivity index (χ4v) is 7.30. The Morgan fingerprint density at radius 2 is 1.59 bits per heavy atom. The zero-order valence-electron chi connectivity index (χ0n) is 32.7. The Bertz CT molecular complexity index is 1680. The third-order valence-electron chi connectivity index (χ3n) is 10.6. The number of carbonyl (C=O) groups is 6. The summed E-state index contributed by atoms with van der Waals surface area (Å²) in [7, 11) is 0. The van der Waals surface area contributed by atoms with Gasteiger partial charge in [0, 0.05) is 31.5 Å². The molecule has 2 heterocycles. The number of hydrogen-bond acceptors (Lipinski definition) is 10. The molecule has 3 aliphatic rings. The number of para-hydroxylation sites is 1. The number of benzene rings is 1. The first-order valence-electron chi connectivity index (χ1n) is 19.7. The van der Waals surface area contributed by atoms with E-state index in [0.717, 1.165) is 44.9 Å². The standard InChI is InChI=1S/C40H56N8O8/c1-5-12-28(32(49)37(53)43-25-17-18-25)44-34(50)27-22-48(39(55)56-26-15-10-7-11-16-26)23-30(27)45-38(54)33(40(2,3)4)47-36(52)31(24-13-8-6-9-14-24)46-35(51)29-21-41-19-20-42-29/h7,10-11,15-16,19-21,24-25,27-28,30-33,49H,5-6,8-9,12-14,17-18,22-23H2,1-4H3,(H,43,53)(H,44,50)(H,45,54)(H,46,51)(H,47,52)/t27-,28+,30+,31+,32?,33-/m1/s1. The first-order chi connectivity index (χ1) is 26.7. The highest BCUT2D eigenvalue weighted by Gasteiger charge is 2.45. The summed E-state index contributed by atoms with van der Waals surface area (Å²) < 4.78 is 5.56. The number of likely N-dealkylation sites (tertiary alicyclic amines) is 1. The number of nitrogens with one attached hydrogen (secondary N) is 5. The van der Waals surface area contributed by atoms with Gasteiger partial charge in [0.05, 0.1) is 24.2 Å². The van der Waals surface area contributed by atoms with Crippen molar-refractivity contribution >= 4 is 35.6 Å². The van der Waals surface area contributed by atoms with Crippen molar-refractivity contribution in [2.24, 2.45) is 17.3 Å². The van der Waals surface area contributed by atoms with Crippen LogP contribution in [0.15, 0.2) is 48.9 Å². The number of aliphatic hydroxyl groups is 1. The van der Waals surface area contributed by atoms with Gasteiger partial charge in [-0.1, -0.05) is 71.6 Å². The first-order valence-corrected chi connectivity index (χ1v) is 19.7. The third kappa shape index (κ3) is 11.5. The van der Waals surface area contributed by atoms with Gasteiger partial charge < -0.3 is 41.3 Å². The average molecular weight is 777 g/mol. The molecule has 1 aromatic heterocycles. The molecule has 6 amide bonds. The van der Waals surface area contributed by atoms with Gasteiger partial charge in [-0.2, -0.15) is 0 Å². The molecule has 0 bridgehead atoms. The summed E-state index contributed by atoms with van der Waals surface area (Å²) >= 11 is 0. The van der Waals surface area contributed by atoms with Gasteiger partial charge in [-0.05, 0) is 55.6 Å². The molecule has 1 unspecified atom stereocenters. The van der Waals surface area contributed by atoms with Gasteiger partial charge in [0.15, 0.2) is 6.10 Å². The number of rotatable bonds is 15. The summed E-state index contributed by atoms with van der Waals surface area (Å²) in [5.74, 6) is -3.69. The Morgan fingerprint density at radius 1 is 0.875 bits per heavy atom. The second-order valence-electron chi connectivity index (χ2n) is 16.2. The van der Waals surface area contributed by atoms with Crippen molar-refractivity contribution in [1.82, 2.24) is 41.5 Å². The number of amides is 6. The van der Waals surface area contributed by atoms with E-state index in [1.54, 1.807) is 51.1 Å². The zero-order chi connectivity index (χ0) is 40.4. The van der Waals surface area contributed by atoms with E-state index in [2.05, 4.69) is 36.6 Å². The minimum atomic E-state index is -1.50. The molecule has 304 valence electrons. The maximum absolute atomic E-state index is 14.3. The van der Waals surface area contributed by atoms with Crippen molar-refractivity contribution in [1.29, 1.82) is 0 Å². The normalized spacial score (nSPS) is 20.8. The topological polar surface area (TPSA) is 221 Å². The minimum absolute atomic E-state index is 0.0115. The SMILES string of the molecule is CCC[C@H](NC(=O)[C@@H]1CN(C(=O)Oc2ccccc2)C[C@@H]1NC(=O)[C@@H](NC(=O)[C@@H](NC(=O)c1cnccn1)C1CCCCC1)C(C)(C)C)C(O)C(=O)NC1CC1. The lowest BCUT2D eigenvalue weighted by molar-refractivity contribution is -0.135. The molecule has 6 atom stereocenters. The summed E-state index contributed by atoms with van der Waals surface area (Å²) in [4.78, 5) is 91.2. The van der Waals surface area contributed by atoms with Gasteiger partial charge in [0.25, 0.3) is 11.8 Å². The van der Waals surface area contributed by atoms with E-state index in [1.165, 1.54) is 23.5 Å². The minimum Gasteiger partial charge on any atom is -0.410 e. The number of nitrogens with zero attached hydrogens (tertiary/aromatic N) is 3. The molecular formula is C40H56N8O8. The van der Waals surface area contributed by atoms with Crippen LogP contribution < -0.4 is 31.3 Å². The van der Waals surface area contributed by atoms with E-state index in [-0.39, 0.29) is 30.7 Å². The Labute approximate surface area is 327 Å². The van der Waals surface area contributed by atoms with Crippen LogP contribution in [0.2, 0.25) is 0 Å². The fourth-order valence-electron chi connectivity index (χ4n) is 7.30. The Kier molecular flexibility index (Phi) is 14.4. The molecule has 2 aliphatic carbocycles. The lowest BCUT2D eigenvalue weighted by Gasteiger charge is -2.35. The van der Waals surface area contributed by atoms with Crippen LogP contribution in [0.1, 0.15) is 96.0 Å². The first kappa shape index (κ1) is 42.0. The van der Waals surface area contributed by atoms with Gasteiger partial charge in [0.1, 0.15) is 23.5 Å². The molecule has 1 aromatic carbocycles. The van der Waals surface area contributed by atoms with Crippen molar-refractivity contribution in [3.8, 4) is 5.75 Å². The van der Waals surface area contributed by atoms with E-state index in [1.807, 2.05) is 6.92 Å². The lowest BCUT2D eigenvalue weighted by Crippen LogP contribution is -2.61. The van der Waals surface area contributed by atoms with Crippen LogP contribution in [0.3, 0.4) is 0 Å². The molecule has 16 heteroatoms. The summed E-state index contributed by atoms with van der Waals surface area (Å²) in [6.07, 6.45) is 8.71. The number of ether oxygens (including phenoxy) is 1. The summed E-state index contributed by atoms with van der Waals surface area (Å²) in [5.41, 5.74) is -0.774. The second-order valence-corrected chi connectivity index (χ2v) is 16.2. The van der Waals surface area contributed by atoms with Crippen LogP contribution in [0.5, 0.6) is 5.75 Å². The second kappa shape index (κ2) is 19.2. The molecule has 3 fully saturated rings. The van der Waals surface area contributed by atoms with Gasteiger partial charge in [-0.25, -0.2) is 9.78 Å². The number of aliphatic hydroxyl groups excluding tert-OH is 1. The molecule has 1 aliphatic heterocycles. The van der Waals surface area contributed by atoms with Crippen molar-refractivity contribution in [2.75, 3.05) is 13.1 Å². The van der Waals surface area contributed by atoms with Crippen molar-refractivity contribution < 1.29 is 38.6 Å². The fraction of sp³-hybridized carbons (Fsp3) is 0.600. The average Bonchev–Trinajstić information content (AvgIpc) is 3.90. The molecule has 2 aromatic rings. The number of carbonyl (C=O) groups excluding carboxylic acids is 6. The predicted octanol–water partition coefficient (Wildman–Crippen LogP) is 2.23. The summed E-state index contributed by atoms with van der Waals surface area (Å²) in [6, 6.07) is 4.54. The maximum atomic E-state index is 14.3. The van der Waals surface area contributed by atoms with Crippen LogP contribution in [-0.2, 0) is 19.2 Å². The van der Waals surface area contributed by atoms with E-state index < -0.39 is 77.2 Å². The molecular weight excluding hydrogens is 720 g/mol. The molecule has 56 heavy (non-hydrogen) atoms. The van der Waals surface area contributed by atoms with E-state index >= 15 is 0 Å². The molecule has 0 radical (unpaired) electrons. The molecule has 6 N–H and O–H groups in total. The Hall–Kier alpha value is -5.12. The lowest BCUT2D eigenvalue weighted by atomic mass is 9.82. The van der Waals surface area contributed by atoms with Crippen LogP contribution in [0.25, 0.3) is 0 Å². The quantitative estimate of drug-likeness (QED) is 0.155. The van der Waals surface area contributed by atoms with Crippen LogP contribution in [0, 0.1) is 17.3 Å². The summed E-state index contributed by atoms with van der Waals surface area (Å²) in [5, 5.41) is 25.2. The smallest absolute Gasteiger partial charge is 0.410 e. The molecule has 2 saturated carbocycles. The predicted molar refractivity (Wildman–Crippen MR) is 205 cm³/mol. The Morgan fingerprint density at radius 3 is 2.21 bits per heavy atom. The van der Waals surface area contributed by atoms with Crippen LogP contribution in [0.4, 0.5) is 4.79 Å². The van der Waals surface area contributed by atoms with Crippen molar-refractivity contribution in [2.45, 2.75) is 122 Å². The van der Waals surface area contributed by atoms with Gasteiger partial charge in [-0.15, -0.1) is 0 Å². The van der Waals surface area contributed by atoms with E-state index in [9.17, 15) is 33.9 Å². The number of hydrogen-bond donors (Lipinski definition) is 6. The van der Waals surface area contributed by atoms with Crippen molar-refractivity contribution in [3.05, 3.63) is 54.6 Å². The van der Waals surface area contributed by atoms with E-state index in [0.29, 0.717) is 18.6 Å². The monoisotopic (exact) mass is 776 g/mol. The molecule has 16 nitrogen and oxygen atoms in total. The third-order valence-corrected chi connectivity index (χ3v) is 10.6. The highest BCUT2D eigenvalue weighted by atomic mass is 16.6.